The molecular formula is C12H17F3N2S. The van der Waals surface area contributed by atoms with Gasteiger partial charge >= 0.3 is 6.18 Å². The van der Waals surface area contributed by atoms with Crippen LogP contribution in [0.1, 0.15) is 43.0 Å². The summed E-state index contributed by atoms with van der Waals surface area (Å²) in [6, 6.07) is 0. The summed E-state index contributed by atoms with van der Waals surface area (Å²) in [7, 11) is 0. The van der Waals surface area contributed by atoms with E-state index >= 15 is 0 Å². The lowest BCUT2D eigenvalue weighted by atomic mass is 9.70. The first-order valence-corrected chi connectivity index (χ1v) is 6.87. The summed E-state index contributed by atoms with van der Waals surface area (Å²) >= 11 is 0.689. The molecule has 1 saturated carbocycles. The largest absolute Gasteiger partial charge is 0.443 e. The second kappa shape index (κ2) is 4.49. The minimum Gasteiger partial charge on any atom is -0.320 e. The molecule has 1 heterocycles. The van der Waals surface area contributed by atoms with Gasteiger partial charge in [0.1, 0.15) is 0 Å². The smallest absolute Gasteiger partial charge is 0.320 e. The molecule has 0 aromatic carbocycles. The molecule has 2 rings (SSSR count). The van der Waals surface area contributed by atoms with Gasteiger partial charge in [0.15, 0.2) is 5.01 Å². The second-order valence-corrected chi connectivity index (χ2v) is 6.38. The highest BCUT2D eigenvalue weighted by molar-refractivity contribution is 7.11. The maximum Gasteiger partial charge on any atom is 0.443 e. The van der Waals surface area contributed by atoms with E-state index in [1.807, 2.05) is 6.92 Å². The highest BCUT2D eigenvalue weighted by atomic mass is 32.1. The van der Waals surface area contributed by atoms with Crippen LogP contribution in [-0.4, -0.2) is 4.98 Å². The van der Waals surface area contributed by atoms with Crippen LogP contribution in [0.4, 0.5) is 13.2 Å². The van der Waals surface area contributed by atoms with E-state index in [4.69, 9.17) is 5.73 Å². The molecule has 0 bridgehead atoms. The summed E-state index contributed by atoms with van der Waals surface area (Å²) in [5.41, 5.74) is 5.70. The van der Waals surface area contributed by atoms with E-state index in [1.165, 1.54) is 6.20 Å². The van der Waals surface area contributed by atoms with E-state index in [-0.39, 0.29) is 5.92 Å². The quantitative estimate of drug-likeness (QED) is 0.849. The van der Waals surface area contributed by atoms with Crippen LogP contribution in [0, 0.1) is 11.8 Å². The summed E-state index contributed by atoms with van der Waals surface area (Å²) in [5, 5.41) is -0.798. The predicted octanol–water partition coefficient (Wildman–Crippen LogP) is 3.77. The number of nitrogens with zero attached hydrogens (tertiary/aromatic N) is 1. The van der Waals surface area contributed by atoms with Crippen molar-refractivity contribution in [1.29, 1.82) is 0 Å². The lowest BCUT2D eigenvalue weighted by Crippen LogP contribution is -2.46. The molecule has 1 aromatic heterocycles. The van der Waals surface area contributed by atoms with E-state index in [2.05, 4.69) is 11.9 Å². The monoisotopic (exact) mass is 278 g/mol. The molecule has 1 aromatic rings. The van der Waals surface area contributed by atoms with Crippen LogP contribution in [0.5, 0.6) is 0 Å². The number of aromatic nitrogens is 1. The maximum atomic E-state index is 12.6. The first-order chi connectivity index (χ1) is 8.23. The van der Waals surface area contributed by atoms with Crippen molar-refractivity contribution in [3.8, 4) is 0 Å². The van der Waals surface area contributed by atoms with Crippen molar-refractivity contribution in [2.45, 2.75) is 44.8 Å². The third kappa shape index (κ3) is 2.40. The SMILES string of the molecule is CC1CCC(N)(c2cnc(C(F)(F)F)s2)C(C)C1. The van der Waals surface area contributed by atoms with Crippen molar-refractivity contribution >= 4 is 11.3 Å². The number of halogens is 3. The van der Waals surface area contributed by atoms with Gasteiger partial charge < -0.3 is 5.73 Å². The Morgan fingerprint density at radius 2 is 2.11 bits per heavy atom. The minimum atomic E-state index is -4.37. The van der Waals surface area contributed by atoms with Crippen molar-refractivity contribution in [1.82, 2.24) is 4.98 Å². The molecule has 1 aliphatic carbocycles. The molecular weight excluding hydrogens is 261 g/mol. The van der Waals surface area contributed by atoms with Gasteiger partial charge in [-0.3, -0.25) is 0 Å². The average Bonchev–Trinajstić information content (AvgIpc) is 2.73. The van der Waals surface area contributed by atoms with E-state index < -0.39 is 16.7 Å². The molecule has 1 aliphatic rings. The van der Waals surface area contributed by atoms with Gasteiger partial charge in [-0.25, -0.2) is 4.98 Å². The molecule has 0 radical (unpaired) electrons. The summed E-state index contributed by atoms with van der Waals surface area (Å²) in [5.74, 6) is 0.773. The summed E-state index contributed by atoms with van der Waals surface area (Å²) < 4.78 is 37.7. The fraction of sp³-hybridized carbons (Fsp3) is 0.750. The maximum absolute atomic E-state index is 12.6. The van der Waals surface area contributed by atoms with Gasteiger partial charge in [0.05, 0.1) is 5.54 Å². The predicted molar refractivity (Wildman–Crippen MR) is 65.2 cm³/mol. The molecule has 102 valence electrons. The number of thiazole rings is 1. The van der Waals surface area contributed by atoms with Crippen molar-refractivity contribution in [2.24, 2.45) is 17.6 Å². The Labute approximate surface area is 108 Å². The molecule has 3 unspecified atom stereocenters. The molecule has 18 heavy (non-hydrogen) atoms. The van der Waals surface area contributed by atoms with E-state index in [0.717, 1.165) is 19.3 Å². The van der Waals surface area contributed by atoms with Gasteiger partial charge in [0, 0.05) is 11.1 Å². The fourth-order valence-electron chi connectivity index (χ4n) is 2.65. The highest BCUT2D eigenvalue weighted by Crippen LogP contribution is 2.45. The number of hydrogen-bond donors (Lipinski definition) is 1. The second-order valence-electron chi connectivity index (χ2n) is 5.35. The zero-order valence-corrected chi connectivity index (χ0v) is 11.2. The van der Waals surface area contributed by atoms with Crippen molar-refractivity contribution < 1.29 is 13.2 Å². The molecule has 2 N–H and O–H groups in total. The van der Waals surface area contributed by atoms with Gasteiger partial charge in [-0.15, -0.1) is 11.3 Å². The zero-order chi connectivity index (χ0) is 13.6. The van der Waals surface area contributed by atoms with E-state index in [1.54, 1.807) is 0 Å². The highest BCUT2D eigenvalue weighted by Gasteiger charge is 2.42. The lowest BCUT2D eigenvalue weighted by molar-refractivity contribution is -0.137. The first kappa shape index (κ1) is 13.8. The Kier molecular flexibility index (Phi) is 3.44. The van der Waals surface area contributed by atoms with E-state index in [0.29, 0.717) is 22.1 Å². The van der Waals surface area contributed by atoms with Crippen LogP contribution >= 0.6 is 11.3 Å². The first-order valence-electron chi connectivity index (χ1n) is 6.06. The van der Waals surface area contributed by atoms with Crippen molar-refractivity contribution in [3.05, 3.63) is 16.1 Å². The summed E-state index contributed by atoms with van der Waals surface area (Å²) in [4.78, 5) is 4.04. The number of nitrogens with two attached hydrogens (primary N) is 1. The van der Waals surface area contributed by atoms with Gasteiger partial charge in [-0.2, -0.15) is 13.2 Å². The standard InChI is InChI=1S/C12H17F3N2S/c1-7-3-4-11(16,8(2)5-7)9-6-17-10(18-9)12(13,14)15/h6-8H,3-5,16H2,1-2H3. The van der Waals surface area contributed by atoms with Crippen LogP contribution in [-0.2, 0) is 11.7 Å². The van der Waals surface area contributed by atoms with Crippen LogP contribution in [0.3, 0.4) is 0 Å². The Morgan fingerprint density at radius 1 is 1.44 bits per heavy atom. The summed E-state index contributed by atoms with van der Waals surface area (Å²) in [6.45, 7) is 4.17. The number of hydrogen-bond acceptors (Lipinski definition) is 3. The Hall–Kier alpha value is -0.620. The molecule has 3 atom stereocenters. The molecule has 0 amide bonds. The Morgan fingerprint density at radius 3 is 2.61 bits per heavy atom. The van der Waals surface area contributed by atoms with Crippen LogP contribution in [0.2, 0.25) is 0 Å². The molecule has 2 nitrogen and oxygen atoms in total. The number of rotatable bonds is 1. The molecule has 6 heteroatoms. The minimum absolute atomic E-state index is 0.183. The lowest BCUT2D eigenvalue weighted by Gasteiger charge is -2.41. The van der Waals surface area contributed by atoms with Crippen LogP contribution in [0.15, 0.2) is 6.20 Å². The van der Waals surface area contributed by atoms with E-state index in [9.17, 15) is 13.2 Å². The Balaban J connectivity index is 2.28. The molecule has 0 spiro atoms. The summed E-state index contributed by atoms with van der Waals surface area (Å²) in [6.07, 6.45) is -0.422. The van der Waals surface area contributed by atoms with Gasteiger partial charge in [0.2, 0.25) is 0 Å². The Bertz CT molecular complexity index is 429. The zero-order valence-electron chi connectivity index (χ0n) is 10.4. The third-order valence-corrected chi connectivity index (χ3v) is 5.13. The molecule has 0 aliphatic heterocycles. The van der Waals surface area contributed by atoms with Gasteiger partial charge in [-0.05, 0) is 31.1 Å². The average molecular weight is 278 g/mol. The molecule has 1 fully saturated rings. The van der Waals surface area contributed by atoms with Crippen molar-refractivity contribution in [2.75, 3.05) is 0 Å². The fourth-order valence-corrected chi connectivity index (χ4v) is 3.68. The molecule has 0 saturated heterocycles. The van der Waals surface area contributed by atoms with Gasteiger partial charge in [-0.1, -0.05) is 13.8 Å². The third-order valence-electron chi connectivity index (χ3n) is 3.89. The number of alkyl halides is 3. The topological polar surface area (TPSA) is 38.9 Å². The normalized spacial score (nSPS) is 33.7. The van der Waals surface area contributed by atoms with Crippen LogP contribution < -0.4 is 5.73 Å². The van der Waals surface area contributed by atoms with Crippen molar-refractivity contribution in [3.63, 3.8) is 0 Å². The van der Waals surface area contributed by atoms with Gasteiger partial charge in [0.25, 0.3) is 0 Å². The van der Waals surface area contributed by atoms with Crippen LogP contribution in [0.25, 0.3) is 0 Å².